The molecule has 2 aromatic carbocycles. The Bertz CT molecular complexity index is 774. The molecule has 0 aliphatic carbocycles. The number of benzene rings is 2. The van der Waals surface area contributed by atoms with Gasteiger partial charge in [-0.05, 0) is 61.2 Å². The summed E-state index contributed by atoms with van der Waals surface area (Å²) >= 11 is 6.31. The molecule has 7 heteroatoms. The molecule has 0 fully saturated rings. The molecule has 2 rings (SSSR count). The Morgan fingerprint density at radius 2 is 1.85 bits per heavy atom. The van der Waals surface area contributed by atoms with Crippen LogP contribution in [0.25, 0.3) is 0 Å². The van der Waals surface area contributed by atoms with E-state index in [0.29, 0.717) is 17.1 Å². The summed E-state index contributed by atoms with van der Waals surface area (Å²) in [6.07, 6.45) is -2.41. The van der Waals surface area contributed by atoms with Crippen molar-refractivity contribution >= 4 is 23.6 Å². The Hall–Kier alpha value is -2.21. The van der Waals surface area contributed by atoms with E-state index in [-0.39, 0.29) is 5.75 Å². The number of rotatable bonds is 6. The largest absolute Gasteiger partial charge is 0.573 e. The lowest BCUT2D eigenvalue weighted by Crippen LogP contribution is -2.17. The first-order valence-electron chi connectivity index (χ1n) is 8.06. The second kappa shape index (κ2) is 8.45. The monoisotopic (exact) mass is 384 g/mol. The van der Waals surface area contributed by atoms with E-state index < -0.39 is 6.36 Å². The third kappa shape index (κ3) is 5.95. The van der Waals surface area contributed by atoms with Crippen molar-refractivity contribution in [2.75, 3.05) is 13.6 Å². The van der Waals surface area contributed by atoms with E-state index in [9.17, 15) is 13.2 Å². The zero-order chi connectivity index (χ0) is 19.3. The van der Waals surface area contributed by atoms with Crippen LogP contribution in [-0.4, -0.2) is 31.2 Å². The van der Waals surface area contributed by atoms with Gasteiger partial charge in [0.15, 0.2) is 0 Å². The molecule has 0 unspecified atom stereocenters. The molecule has 2 aromatic rings. The Morgan fingerprint density at radius 1 is 1.19 bits per heavy atom. The van der Waals surface area contributed by atoms with Crippen molar-refractivity contribution in [3.8, 4) is 5.75 Å². The van der Waals surface area contributed by atoms with E-state index in [1.165, 1.54) is 12.1 Å². The summed E-state index contributed by atoms with van der Waals surface area (Å²) in [6.45, 7) is 4.81. The maximum absolute atomic E-state index is 12.2. The zero-order valence-electron chi connectivity index (χ0n) is 14.8. The number of halogens is 4. The Morgan fingerprint density at radius 3 is 2.42 bits per heavy atom. The molecule has 0 aliphatic heterocycles. The molecule has 0 amide bonds. The number of alkyl halides is 3. The Balaban J connectivity index is 2.14. The molecule has 0 saturated heterocycles. The van der Waals surface area contributed by atoms with Crippen molar-refractivity contribution in [1.29, 1.82) is 0 Å². The molecular weight excluding hydrogens is 365 g/mol. The normalized spacial score (nSPS) is 11.8. The van der Waals surface area contributed by atoms with Crippen molar-refractivity contribution < 1.29 is 17.9 Å². The molecule has 0 aromatic heterocycles. The van der Waals surface area contributed by atoms with Crippen LogP contribution in [-0.2, 0) is 6.42 Å². The topological polar surface area (TPSA) is 24.8 Å². The smallest absolute Gasteiger partial charge is 0.406 e. The molecule has 26 heavy (non-hydrogen) atoms. The molecule has 140 valence electrons. The lowest BCUT2D eigenvalue weighted by molar-refractivity contribution is -0.274. The highest BCUT2D eigenvalue weighted by molar-refractivity contribution is 6.33. The maximum atomic E-state index is 12.2. The minimum absolute atomic E-state index is 0.235. The summed E-state index contributed by atoms with van der Waals surface area (Å²) in [6, 6.07) is 9.57. The second-order valence-electron chi connectivity index (χ2n) is 5.92. The lowest BCUT2D eigenvalue weighted by atomic mass is 10.00. The minimum atomic E-state index is -4.69. The van der Waals surface area contributed by atoms with Crippen molar-refractivity contribution in [2.45, 2.75) is 26.6 Å². The van der Waals surface area contributed by atoms with Crippen LogP contribution in [0.4, 0.5) is 18.9 Å². The van der Waals surface area contributed by atoms with Gasteiger partial charge >= 0.3 is 6.36 Å². The summed E-state index contributed by atoms with van der Waals surface area (Å²) in [5, 5.41) is 0.531. The van der Waals surface area contributed by atoms with Gasteiger partial charge in [-0.15, -0.1) is 13.2 Å². The molecule has 0 aliphatic rings. The maximum Gasteiger partial charge on any atom is 0.573 e. The fourth-order valence-electron chi connectivity index (χ4n) is 2.27. The molecule has 0 radical (unpaired) electrons. The third-order valence-electron chi connectivity index (χ3n) is 3.85. The van der Waals surface area contributed by atoms with Gasteiger partial charge in [-0.25, -0.2) is 4.99 Å². The van der Waals surface area contributed by atoms with Crippen molar-refractivity contribution in [3.05, 3.63) is 58.1 Å². The van der Waals surface area contributed by atoms with Crippen LogP contribution in [0.3, 0.4) is 0 Å². The highest BCUT2D eigenvalue weighted by atomic mass is 35.5. The van der Waals surface area contributed by atoms with E-state index in [2.05, 4.69) is 9.73 Å². The summed E-state index contributed by atoms with van der Waals surface area (Å²) in [4.78, 5) is 6.31. The van der Waals surface area contributed by atoms with Gasteiger partial charge in [-0.3, -0.25) is 0 Å². The number of nitrogens with zero attached hydrogens (tertiary/aromatic N) is 2. The van der Waals surface area contributed by atoms with E-state index in [0.717, 1.165) is 23.2 Å². The first kappa shape index (κ1) is 20.1. The van der Waals surface area contributed by atoms with E-state index in [1.54, 1.807) is 18.5 Å². The molecule has 0 bridgehead atoms. The van der Waals surface area contributed by atoms with Gasteiger partial charge in [0.25, 0.3) is 0 Å². The fourth-order valence-corrected chi connectivity index (χ4v) is 2.50. The SMILES string of the molecule is CCN(C)C=Nc1cc(C)c(Cc2ccc(OC(F)(F)F)cc2)cc1Cl. The Kier molecular flexibility index (Phi) is 6.53. The molecule has 0 N–H and O–H groups in total. The fraction of sp³-hybridized carbons (Fsp3) is 0.316. The third-order valence-corrected chi connectivity index (χ3v) is 4.15. The molecule has 0 spiro atoms. The van der Waals surface area contributed by atoms with E-state index >= 15 is 0 Å². The number of hydrogen-bond acceptors (Lipinski definition) is 2. The number of hydrogen-bond donors (Lipinski definition) is 0. The molecule has 0 saturated carbocycles. The van der Waals surface area contributed by atoms with Gasteiger partial charge in [-0.1, -0.05) is 23.7 Å². The van der Waals surface area contributed by atoms with Crippen LogP contribution in [0.5, 0.6) is 5.75 Å². The van der Waals surface area contributed by atoms with Crippen LogP contribution in [0.15, 0.2) is 41.4 Å². The van der Waals surface area contributed by atoms with Crippen LogP contribution in [0.2, 0.25) is 5.02 Å². The second-order valence-corrected chi connectivity index (χ2v) is 6.32. The predicted octanol–water partition coefficient (Wildman–Crippen LogP) is 5.75. The first-order chi connectivity index (χ1) is 12.2. The predicted molar refractivity (Wildman–Crippen MR) is 98.6 cm³/mol. The number of aryl methyl sites for hydroxylation is 1. The van der Waals surface area contributed by atoms with Crippen molar-refractivity contribution in [1.82, 2.24) is 4.90 Å². The van der Waals surface area contributed by atoms with Crippen LogP contribution < -0.4 is 4.74 Å². The molecule has 0 atom stereocenters. The first-order valence-corrected chi connectivity index (χ1v) is 8.44. The van der Waals surface area contributed by atoms with Crippen LogP contribution in [0, 0.1) is 6.92 Å². The average Bonchev–Trinajstić information content (AvgIpc) is 2.56. The van der Waals surface area contributed by atoms with Crippen molar-refractivity contribution in [2.24, 2.45) is 4.99 Å². The van der Waals surface area contributed by atoms with E-state index in [4.69, 9.17) is 11.6 Å². The highest BCUT2D eigenvalue weighted by Crippen LogP contribution is 2.30. The summed E-state index contributed by atoms with van der Waals surface area (Å²) in [7, 11) is 1.92. The summed E-state index contributed by atoms with van der Waals surface area (Å²) in [5.41, 5.74) is 3.54. The highest BCUT2D eigenvalue weighted by Gasteiger charge is 2.30. The van der Waals surface area contributed by atoms with Crippen LogP contribution in [0.1, 0.15) is 23.6 Å². The van der Waals surface area contributed by atoms with Gasteiger partial charge in [0.05, 0.1) is 17.0 Å². The molecule has 3 nitrogen and oxygen atoms in total. The van der Waals surface area contributed by atoms with Gasteiger partial charge in [-0.2, -0.15) is 0 Å². The van der Waals surface area contributed by atoms with Crippen LogP contribution >= 0.6 is 11.6 Å². The lowest BCUT2D eigenvalue weighted by Gasteiger charge is -2.12. The Labute approximate surface area is 156 Å². The van der Waals surface area contributed by atoms with Gasteiger partial charge in [0.1, 0.15) is 5.75 Å². The molecular formula is C19H20ClF3N2O. The number of ether oxygens (including phenoxy) is 1. The summed E-state index contributed by atoms with van der Waals surface area (Å²) in [5.74, 6) is -0.235. The zero-order valence-corrected chi connectivity index (χ0v) is 15.5. The van der Waals surface area contributed by atoms with E-state index in [1.807, 2.05) is 37.9 Å². The van der Waals surface area contributed by atoms with Gasteiger partial charge < -0.3 is 9.64 Å². The minimum Gasteiger partial charge on any atom is -0.406 e. The number of aliphatic imine (C=N–C) groups is 1. The standard InChI is InChI=1S/C19H20ClF3N2O/c1-4-25(3)12-24-18-9-13(2)15(11-17(18)20)10-14-5-7-16(8-6-14)26-19(21,22)23/h5-9,11-12H,4,10H2,1-3H3. The van der Waals surface area contributed by atoms with Gasteiger partial charge in [0, 0.05) is 13.6 Å². The quantitative estimate of drug-likeness (QED) is 0.468. The van der Waals surface area contributed by atoms with Gasteiger partial charge in [0.2, 0.25) is 0 Å². The molecule has 0 heterocycles. The average molecular weight is 385 g/mol. The summed E-state index contributed by atoms with van der Waals surface area (Å²) < 4.78 is 40.5. The van der Waals surface area contributed by atoms with Crippen molar-refractivity contribution in [3.63, 3.8) is 0 Å².